The lowest BCUT2D eigenvalue weighted by atomic mass is 9.56. The van der Waals surface area contributed by atoms with Gasteiger partial charge in [-0.15, -0.1) is 11.3 Å². The fraction of sp³-hybridized carbons (Fsp3) is 0.455. The molecule has 5 rings (SSSR count). The summed E-state index contributed by atoms with van der Waals surface area (Å²) < 4.78 is 0. The van der Waals surface area contributed by atoms with E-state index in [1.54, 1.807) is 11.3 Å². The number of allylic oxidation sites excluding steroid dienone is 2. The number of aromatic nitrogens is 1. The maximum atomic E-state index is 13.4. The molecule has 1 aromatic carbocycles. The monoisotopic (exact) mass is 349 g/mol. The number of fused-ring (bicyclic) bond motifs is 5. The first-order valence-electron chi connectivity index (χ1n) is 9.28. The van der Waals surface area contributed by atoms with E-state index in [4.69, 9.17) is 4.98 Å². The first kappa shape index (κ1) is 15.5. The minimum Gasteiger partial charge on any atom is -0.294 e. The summed E-state index contributed by atoms with van der Waals surface area (Å²) in [5.74, 6) is 0.377. The summed E-state index contributed by atoms with van der Waals surface area (Å²) in [5, 5.41) is 0. The number of carbonyl (C=O) groups excluding carboxylic acids is 1. The molecule has 3 aliphatic rings. The van der Waals surface area contributed by atoms with E-state index in [2.05, 4.69) is 38.1 Å². The average molecular weight is 349 g/mol. The Bertz CT molecular complexity index is 920. The van der Waals surface area contributed by atoms with Gasteiger partial charge in [-0.2, -0.15) is 0 Å². The molecule has 0 saturated carbocycles. The van der Waals surface area contributed by atoms with Gasteiger partial charge in [0.05, 0.1) is 16.6 Å². The molecule has 3 aliphatic carbocycles. The number of carbonyl (C=O) groups is 1. The van der Waals surface area contributed by atoms with Gasteiger partial charge in [0, 0.05) is 23.3 Å². The Morgan fingerprint density at radius 3 is 2.88 bits per heavy atom. The molecule has 1 unspecified atom stereocenters. The van der Waals surface area contributed by atoms with Crippen LogP contribution in [0, 0.1) is 5.41 Å². The van der Waals surface area contributed by atoms with Gasteiger partial charge in [-0.25, -0.2) is 4.98 Å². The van der Waals surface area contributed by atoms with Crippen LogP contribution in [-0.4, -0.2) is 10.8 Å². The zero-order chi connectivity index (χ0) is 17.2. The van der Waals surface area contributed by atoms with Crippen LogP contribution >= 0.6 is 11.3 Å². The number of hydrogen-bond acceptors (Lipinski definition) is 3. The first-order valence-corrected chi connectivity index (χ1v) is 10.2. The Kier molecular flexibility index (Phi) is 3.19. The number of hydrogen-bond donors (Lipinski definition) is 0. The van der Waals surface area contributed by atoms with Crippen molar-refractivity contribution in [2.24, 2.45) is 5.41 Å². The molecular weight excluding hydrogens is 326 g/mol. The van der Waals surface area contributed by atoms with Crippen LogP contribution in [0.1, 0.15) is 61.2 Å². The Balaban J connectivity index is 1.84. The Morgan fingerprint density at radius 2 is 2.00 bits per heavy atom. The van der Waals surface area contributed by atoms with Gasteiger partial charge in [-0.1, -0.05) is 43.7 Å². The van der Waals surface area contributed by atoms with Crippen molar-refractivity contribution in [3.63, 3.8) is 0 Å². The van der Waals surface area contributed by atoms with Crippen molar-refractivity contribution in [3.05, 3.63) is 62.6 Å². The van der Waals surface area contributed by atoms with Gasteiger partial charge >= 0.3 is 0 Å². The van der Waals surface area contributed by atoms with Gasteiger partial charge in [0.1, 0.15) is 0 Å². The SMILES string of the molecule is CC1(C)CC(=O)C2=C(Cc3ncsc3C23CCCc2ccccc23)C1. The van der Waals surface area contributed by atoms with Crippen LogP contribution < -0.4 is 0 Å². The molecule has 0 amide bonds. The average Bonchev–Trinajstić information content (AvgIpc) is 3.02. The van der Waals surface area contributed by atoms with E-state index in [-0.39, 0.29) is 10.8 Å². The van der Waals surface area contributed by atoms with Crippen LogP contribution in [0.2, 0.25) is 0 Å². The van der Waals surface area contributed by atoms with E-state index < -0.39 is 0 Å². The van der Waals surface area contributed by atoms with Gasteiger partial charge < -0.3 is 0 Å². The lowest BCUT2D eigenvalue weighted by Gasteiger charge is -2.47. The molecule has 0 bridgehead atoms. The van der Waals surface area contributed by atoms with E-state index >= 15 is 0 Å². The van der Waals surface area contributed by atoms with Crippen LogP contribution in [0.15, 0.2) is 40.9 Å². The Labute approximate surface area is 153 Å². The Hall–Kier alpha value is -1.74. The summed E-state index contributed by atoms with van der Waals surface area (Å²) in [7, 11) is 0. The zero-order valence-corrected chi connectivity index (χ0v) is 15.7. The standard InChI is InChI=1S/C22H23NOS/c1-21(2)11-15-10-17-20(25-13-23-17)22(19(15)18(24)12-21)9-5-7-14-6-3-4-8-16(14)22/h3-4,6,8,13H,5,7,9-12H2,1-2H3. The third kappa shape index (κ3) is 2.08. The minimum absolute atomic E-state index is 0.0683. The van der Waals surface area contributed by atoms with Gasteiger partial charge in [-0.05, 0) is 42.2 Å². The van der Waals surface area contributed by atoms with E-state index in [0.717, 1.165) is 37.7 Å². The fourth-order valence-electron chi connectivity index (χ4n) is 5.53. The van der Waals surface area contributed by atoms with Crippen molar-refractivity contribution >= 4 is 17.1 Å². The fourth-order valence-corrected chi connectivity index (χ4v) is 6.59. The molecule has 1 heterocycles. The molecule has 25 heavy (non-hydrogen) atoms. The third-order valence-electron chi connectivity index (χ3n) is 6.27. The second-order valence-electron chi connectivity index (χ2n) is 8.64. The number of Topliss-reactive ketones (excluding diaryl/α,β-unsaturated/α-hetero) is 1. The summed E-state index contributed by atoms with van der Waals surface area (Å²) >= 11 is 1.75. The molecule has 0 saturated heterocycles. The summed E-state index contributed by atoms with van der Waals surface area (Å²) in [6.45, 7) is 4.46. The smallest absolute Gasteiger partial charge is 0.160 e. The first-order chi connectivity index (χ1) is 12.0. The number of benzene rings is 1. The molecule has 1 spiro atoms. The zero-order valence-electron chi connectivity index (χ0n) is 14.9. The molecule has 0 fully saturated rings. The second-order valence-corrected chi connectivity index (χ2v) is 9.50. The van der Waals surface area contributed by atoms with Crippen LogP contribution in [-0.2, 0) is 23.1 Å². The quantitative estimate of drug-likeness (QED) is 0.669. The molecule has 128 valence electrons. The predicted molar refractivity (Wildman–Crippen MR) is 101 cm³/mol. The molecule has 3 heteroatoms. The third-order valence-corrected chi connectivity index (χ3v) is 7.31. The molecule has 0 N–H and O–H groups in total. The van der Waals surface area contributed by atoms with Crippen LogP contribution in [0.3, 0.4) is 0 Å². The summed E-state index contributed by atoms with van der Waals surface area (Å²) in [4.78, 5) is 19.4. The van der Waals surface area contributed by atoms with Crippen molar-refractivity contribution in [1.82, 2.24) is 4.98 Å². The summed E-state index contributed by atoms with van der Waals surface area (Å²) in [6.07, 6.45) is 5.87. The lowest BCUT2D eigenvalue weighted by Crippen LogP contribution is -2.44. The van der Waals surface area contributed by atoms with Crippen LogP contribution in [0.25, 0.3) is 0 Å². The number of ketones is 1. The maximum Gasteiger partial charge on any atom is 0.160 e. The van der Waals surface area contributed by atoms with Crippen LogP contribution in [0.5, 0.6) is 0 Å². The molecule has 1 atom stereocenters. The highest BCUT2D eigenvalue weighted by Crippen LogP contribution is 2.57. The molecule has 2 aromatic rings. The second kappa shape index (κ2) is 5.14. The number of nitrogens with zero attached hydrogens (tertiary/aromatic N) is 1. The molecule has 2 nitrogen and oxygen atoms in total. The number of aryl methyl sites for hydroxylation is 1. The van der Waals surface area contributed by atoms with E-state index in [1.165, 1.54) is 27.3 Å². The van der Waals surface area contributed by atoms with E-state index in [9.17, 15) is 4.79 Å². The van der Waals surface area contributed by atoms with Crippen molar-refractivity contribution in [2.75, 3.05) is 0 Å². The highest BCUT2D eigenvalue weighted by atomic mass is 32.1. The topological polar surface area (TPSA) is 30.0 Å². The van der Waals surface area contributed by atoms with Crippen LogP contribution in [0.4, 0.5) is 0 Å². The van der Waals surface area contributed by atoms with E-state index in [0.29, 0.717) is 12.2 Å². The number of thiazole rings is 1. The van der Waals surface area contributed by atoms with Gasteiger partial charge in [0.25, 0.3) is 0 Å². The summed E-state index contributed by atoms with van der Waals surface area (Å²) in [5.41, 5.74) is 8.31. The normalized spacial score (nSPS) is 27.0. The minimum atomic E-state index is -0.230. The number of rotatable bonds is 0. The van der Waals surface area contributed by atoms with Gasteiger partial charge in [-0.3, -0.25) is 4.79 Å². The van der Waals surface area contributed by atoms with E-state index in [1.807, 2.05) is 5.51 Å². The van der Waals surface area contributed by atoms with Crippen molar-refractivity contribution < 1.29 is 4.79 Å². The van der Waals surface area contributed by atoms with Gasteiger partial charge in [0.15, 0.2) is 5.78 Å². The van der Waals surface area contributed by atoms with Crippen molar-refractivity contribution in [2.45, 2.75) is 57.8 Å². The van der Waals surface area contributed by atoms with Crippen molar-refractivity contribution in [1.29, 1.82) is 0 Å². The molecular formula is C22H23NOS. The Morgan fingerprint density at radius 1 is 1.16 bits per heavy atom. The largest absolute Gasteiger partial charge is 0.294 e. The molecule has 0 aliphatic heterocycles. The predicted octanol–water partition coefficient (Wildman–Crippen LogP) is 5.01. The summed E-state index contributed by atoms with van der Waals surface area (Å²) in [6, 6.07) is 8.79. The lowest BCUT2D eigenvalue weighted by molar-refractivity contribution is -0.118. The highest BCUT2D eigenvalue weighted by Gasteiger charge is 2.52. The maximum absolute atomic E-state index is 13.4. The molecule has 1 aromatic heterocycles. The highest BCUT2D eigenvalue weighted by molar-refractivity contribution is 7.10. The van der Waals surface area contributed by atoms with Crippen molar-refractivity contribution in [3.8, 4) is 0 Å². The van der Waals surface area contributed by atoms with Gasteiger partial charge in [0.2, 0.25) is 0 Å². The molecule has 0 radical (unpaired) electrons.